The first kappa shape index (κ1) is 64.3. The molecule has 2 aliphatic rings. The Balaban J connectivity index is -0.000000413. The van der Waals surface area contributed by atoms with Gasteiger partial charge in [-0.1, -0.05) is 14.9 Å². The first-order chi connectivity index (χ1) is 26.0. The SMILES string of the molecule is C.C.CC1(C)CC(NC(=O)C(=O)NCC(O)C(O)C(O)C(O)CO)CC(C)(C)N1.CCOC(=O)C(=O)NC1CC(C)(C)[NH2+]C(C)(C)C1.NCC(O)C(O)C(O)C(O)CO.[Cl-]. The molecule has 60 heavy (non-hydrogen) atoms. The van der Waals surface area contributed by atoms with E-state index in [-0.39, 0.29) is 74.7 Å². The zero-order valence-corrected chi connectivity index (χ0v) is 35.9. The summed E-state index contributed by atoms with van der Waals surface area (Å²) in [6.07, 6.45) is -9.80. The highest BCUT2D eigenvalue weighted by Crippen LogP contribution is 2.28. The molecule has 0 aromatic rings. The van der Waals surface area contributed by atoms with E-state index in [1.54, 1.807) is 6.92 Å². The number of esters is 1. The lowest BCUT2D eigenvalue weighted by molar-refractivity contribution is -0.788. The molecule has 2 aliphatic heterocycles. The zero-order chi connectivity index (χ0) is 44.7. The summed E-state index contributed by atoms with van der Waals surface area (Å²) in [6, 6.07) is -0.177. The second kappa shape index (κ2) is 28.4. The molecule has 8 atom stereocenters. The molecule has 0 bridgehead atoms. The van der Waals surface area contributed by atoms with Crippen LogP contribution in [0.2, 0.25) is 0 Å². The van der Waals surface area contributed by atoms with E-state index in [1.165, 1.54) is 0 Å². The summed E-state index contributed by atoms with van der Waals surface area (Å²) in [5.74, 6) is -3.25. The molecule has 22 heteroatoms. The van der Waals surface area contributed by atoms with Crippen LogP contribution in [0.25, 0.3) is 0 Å². The average Bonchev–Trinajstić information content (AvgIpc) is 3.09. The monoisotopic (exact) mass is 897 g/mol. The number of ether oxygens (including phenoxy) is 1. The van der Waals surface area contributed by atoms with Gasteiger partial charge in [-0.3, -0.25) is 14.4 Å². The number of nitrogens with one attached hydrogen (secondary N) is 4. The maximum atomic E-state index is 12.1. The predicted molar refractivity (Wildman–Crippen MR) is 218 cm³/mol. The van der Waals surface area contributed by atoms with E-state index in [0.29, 0.717) is 12.8 Å². The number of amides is 3. The van der Waals surface area contributed by atoms with Crippen molar-refractivity contribution in [3.63, 3.8) is 0 Å². The Morgan fingerprint density at radius 2 is 1.02 bits per heavy atom. The molecule has 2 heterocycles. The normalized spacial score (nSPS) is 21.7. The fourth-order valence-electron chi connectivity index (χ4n) is 7.40. The maximum absolute atomic E-state index is 12.1. The van der Waals surface area contributed by atoms with E-state index in [2.05, 4.69) is 54.3 Å². The molecular formula is C38H81ClN6O15. The first-order valence-electron chi connectivity index (χ1n) is 19.1. The van der Waals surface area contributed by atoms with Crippen LogP contribution in [0.15, 0.2) is 0 Å². The number of nitrogens with two attached hydrogens (primary N) is 2. The maximum Gasteiger partial charge on any atom is 0.396 e. The molecule has 0 spiro atoms. The van der Waals surface area contributed by atoms with E-state index >= 15 is 0 Å². The number of aliphatic hydroxyl groups excluding tert-OH is 10. The van der Waals surface area contributed by atoms with Crippen molar-refractivity contribution in [3.05, 3.63) is 0 Å². The van der Waals surface area contributed by atoms with Crippen LogP contribution in [0.3, 0.4) is 0 Å². The summed E-state index contributed by atoms with van der Waals surface area (Å²) in [4.78, 5) is 47.0. The van der Waals surface area contributed by atoms with Crippen molar-refractivity contribution in [2.24, 2.45) is 5.73 Å². The standard InChI is InChI=1S/C17H33N3O7.C13H24N2O3.C6H15NO5.2CH4.ClH/c1-16(2)5-9(6-17(3,4)20-16)19-15(27)14(26)18-7-10(22)12(24)13(25)11(23)8-21;1-6-18-11(17)10(16)14-9-7-12(2,3)15-13(4,5)8-9;7-1-3(9)5(11)6(12)4(10)2-8;;;/h9-13,20-25H,5-8H2,1-4H3,(H,18,26)(H,19,27);9,15H,6-8H2,1-5H3,(H,14,16);3-6,8-12H,1-2,7H2;2*1H4;1H. The summed E-state index contributed by atoms with van der Waals surface area (Å²) in [5, 5.41) is 105. The Hall–Kier alpha value is -2.35. The molecule has 21 nitrogen and oxygen atoms in total. The highest BCUT2D eigenvalue weighted by molar-refractivity contribution is 6.35. The summed E-state index contributed by atoms with van der Waals surface area (Å²) < 4.78 is 4.69. The van der Waals surface area contributed by atoms with Crippen molar-refractivity contribution in [2.75, 3.05) is 32.9 Å². The van der Waals surface area contributed by atoms with E-state index in [9.17, 15) is 39.6 Å². The zero-order valence-electron chi connectivity index (χ0n) is 35.2. The minimum absolute atomic E-state index is 0. The minimum atomic E-state index is -1.80. The highest BCUT2D eigenvalue weighted by atomic mass is 35.5. The number of carbonyl (C=O) groups is 4. The van der Waals surface area contributed by atoms with Crippen LogP contribution in [0, 0.1) is 0 Å². The molecule has 0 aromatic carbocycles. The van der Waals surface area contributed by atoms with Gasteiger partial charge in [0.05, 0.1) is 43.1 Å². The fraction of sp³-hybridized carbons (Fsp3) is 0.895. The lowest BCUT2D eigenvalue weighted by Crippen LogP contribution is -3.06. The van der Waals surface area contributed by atoms with Gasteiger partial charge in [-0.15, -0.1) is 0 Å². The van der Waals surface area contributed by atoms with Gasteiger partial charge < -0.3 is 101 Å². The van der Waals surface area contributed by atoms with Crippen LogP contribution < -0.4 is 44.7 Å². The van der Waals surface area contributed by atoms with Crippen LogP contribution in [0.5, 0.6) is 0 Å². The van der Waals surface area contributed by atoms with Crippen LogP contribution >= 0.6 is 0 Å². The Morgan fingerprint density at radius 1 is 0.650 bits per heavy atom. The fourth-order valence-corrected chi connectivity index (χ4v) is 7.40. The van der Waals surface area contributed by atoms with E-state index < -0.39 is 92.3 Å². The molecule has 0 aliphatic carbocycles. The predicted octanol–water partition coefficient (Wildman–Crippen LogP) is -8.43. The Morgan fingerprint density at radius 3 is 1.40 bits per heavy atom. The molecule has 2 saturated heterocycles. The van der Waals surface area contributed by atoms with Gasteiger partial charge in [0, 0.05) is 49.1 Å². The Labute approximate surface area is 361 Å². The topological polar surface area (TPSA) is 371 Å². The van der Waals surface area contributed by atoms with Gasteiger partial charge in [0.2, 0.25) is 0 Å². The van der Waals surface area contributed by atoms with E-state index in [1.807, 2.05) is 27.7 Å². The highest BCUT2D eigenvalue weighted by Gasteiger charge is 2.43. The average molecular weight is 898 g/mol. The van der Waals surface area contributed by atoms with Crippen LogP contribution in [-0.4, -0.2) is 191 Å². The molecular weight excluding hydrogens is 816 g/mol. The number of halogens is 1. The van der Waals surface area contributed by atoms with Gasteiger partial charge >= 0.3 is 23.7 Å². The van der Waals surface area contributed by atoms with Crippen molar-refractivity contribution in [1.82, 2.24) is 21.3 Å². The number of hydrogen-bond donors (Lipinski definition) is 16. The van der Waals surface area contributed by atoms with Crippen LogP contribution in [0.4, 0.5) is 0 Å². The molecule has 0 radical (unpaired) electrons. The molecule has 360 valence electrons. The van der Waals surface area contributed by atoms with Gasteiger partial charge in [-0.2, -0.15) is 0 Å². The van der Waals surface area contributed by atoms with Crippen molar-refractivity contribution in [3.8, 4) is 0 Å². The van der Waals surface area contributed by atoms with Crippen LogP contribution in [0.1, 0.15) is 103 Å². The van der Waals surface area contributed by atoms with Gasteiger partial charge in [-0.25, -0.2) is 4.79 Å². The lowest BCUT2D eigenvalue weighted by atomic mass is 9.79. The number of hydrogen-bond acceptors (Lipinski definition) is 17. The van der Waals surface area contributed by atoms with Gasteiger partial charge in [0.15, 0.2) is 0 Å². The Kier molecular flexibility index (Phi) is 30.4. The third kappa shape index (κ3) is 23.8. The largest absolute Gasteiger partial charge is 1.00 e. The lowest BCUT2D eigenvalue weighted by Gasteiger charge is -2.46. The molecule has 0 aromatic heterocycles. The van der Waals surface area contributed by atoms with Crippen molar-refractivity contribution < 1.29 is 92.7 Å². The van der Waals surface area contributed by atoms with Gasteiger partial charge in [0.1, 0.15) is 36.6 Å². The Bertz CT molecular complexity index is 1220. The van der Waals surface area contributed by atoms with Crippen molar-refractivity contribution in [2.45, 2.75) is 186 Å². The summed E-state index contributed by atoms with van der Waals surface area (Å²) >= 11 is 0. The second-order valence-electron chi connectivity index (χ2n) is 17.4. The molecule has 2 rings (SSSR count). The number of quaternary nitrogens is 1. The van der Waals surface area contributed by atoms with Crippen LogP contribution in [-0.2, 0) is 23.9 Å². The number of rotatable bonds is 14. The molecule has 2 fully saturated rings. The quantitative estimate of drug-likeness (QED) is 0.0569. The van der Waals surface area contributed by atoms with Gasteiger partial charge in [0.25, 0.3) is 0 Å². The number of aliphatic hydroxyl groups is 10. The smallest absolute Gasteiger partial charge is 0.396 e. The summed E-state index contributed by atoms with van der Waals surface area (Å²) in [5.41, 5.74) is 4.70. The van der Waals surface area contributed by atoms with Crippen molar-refractivity contribution in [1.29, 1.82) is 0 Å². The molecule has 3 amide bonds. The summed E-state index contributed by atoms with van der Waals surface area (Å²) in [7, 11) is 0. The molecule has 8 unspecified atom stereocenters. The van der Waals surface area contributed by atoms with Crippen molar-refractivity contribution >= 4 is 23.7 Å². The van der Waals surface area contributed by atoms with E-state index in [4.69, 9.17) is 41.1 Å². The number of piperidine rings is 2. The molecule has 0 saturated carbocycles. The second-order valence-corrected chi connectivity index (χ2v) is 17.4. The third-order valence-corrected chi connectivity index (χ3v) is 9.22. The summed E-state index contributed by atoms with van der Waals surface area (Å²) in [6.45, 7) is 16.3. The number of carbonyl (C=O) groups excluding carboxylic acids is 4. The minimum Gasteiger partial charge on any atom is -1.00 e. The van der Waals surface area contributed by atoms with Gasteiger partial charge in [-0.05, 0) is 75.2 Å². The van der Waals surface area contributed by atoms with E-state index in [0.717, 1.165) is 12.8 Å². The third-order valence-electron chi connectivity index (χ3n) is 9.22. The molecule has 18 N–H and O–H groups in total. The first-order valence-corrected chi connectivity index (χ1v) is 19.1.